The summed E-state index contributed by atoms with van der Waals surface area (Å²) in [5, 5.41) is 0. The van der Waals surface area contributed by atoms with Gasteiger partial charge in [-0.2, -0.15) is 0 Å². The van der Waals surface area contributed by atoms with Gasteiger partial charge in [0.05, 0.1) is 13.2 Å². The first-order valence-electron chi connectivity index (χ1n) is 6.94. The smallest absolute Gasteiger partial charge is 0.248 e. The van der Waals surface area contributed by atoms with Crippen molar-refractivity contribution in [3.05, 3.63) is 0 Å². The number of carbonyl (C=O) groups is 1. The Hall–Kier alpha value is -0.690. The summed E-state index contributed by atoms with van der Waals surface area (Å²) in [6.07, 6.45) is 0. The molecule has 1 fully saturated rings. The summed E-state index contributed by atoms with van der Waals surface area (Å²) in [5.74, 6) is 0.585. The van der Waals surface area contributed by atoms with Crippen LogP contribution in [0.25, 0.3) is 0 Å². The first-order chi connectivity index (χ1) is 9.17. The van der Waals surface area contributed by atoms with E-state index in [1.807, 2.05) is 4.90 Å². The lowest BCUT2D eigenvalue weighted by Gasteiger charge is -2.35. The van der Waals surface area contributed by atoms with Gasteiger partial charge in [-0.15, -0.1) is 0 Å². The van der Waals surface area contributed by atoms with Crippen LogP contribution >= 0.6 is 0 Å². The number of hydrogen-bond donors (Lipinski definition) is 1. The maximum atomic E-state index is 11.9. The Labute approximate surface area is 115 Å². The Morgan fingerprint density at radius 1 is 1.26 bits per heavy atom. The van der Waals surface area contributed by atoms with E-state index in [4.69, 9.17) is 15.2 Å². The molecule has 0 radical (unpaired) electrons. The fraction of sp³-hybridized carbons (Fsp3) is 0.923. The molecule has 1 aliphatic rings. The summed E-state index contributed by atoms with van der Waals surface area (Å²) in [6.45, 7) is 8.45. The fourth-order valence-corrected chi connectivity index (χ4v) is 2.09. The van der Waals surface area contributed by atoms with E-state index in [0.29, 0.717) is 25.7 Å². The molecule has 2 N–H and O–H groups in total. The van der Waals surface area contributed by atoms with E-state index in [1.165, 1.54) is 0 Å². The molecule has 0 aromatic carbocycles. The van der Waals surface area contributed by atoms with Crippen molar-refractivity contribution in [2.75, 3.05) is 66.2 Å². The monoisotopic (exact) mass is 273 g/mol. The minimum absolute atomic E-state index is 0.0719. The second kappa shape index (κ2) is 9.25. The van der Waals surface area contributed by atoms with Crippen molar-refractivity contribution >= 4 is 5.91 Å². The third-order valence-corrected chi connectivity index (χ3v) is 3.35. The maximum Gasteiger partial charge on any atom is 0.248 e. The molecule has 19 heavy (non-hydrogen) atoms. The van der Waals surface area contributed by atoms with Gasteiger partial charge in [-0.3, -0.25) is 9.69 Å². The summed E-state index contributed by atoms with van der Waals surface area (Å²) >= 11 is 0. The van der Waals surface area contributed by atoms with Crippen molar-refractivity contribution in [2.45, 2.75) is 6.92 Å². The van der Waals surface area contributed by atoms with Crippen molar-refractivity contribution in [3.63, 3.8) is 0 Å². The number of nitrogens with zero attached hydrogens (tertiary/aromatic N) is 2. The van der Waals surface area contributed by atoms with E-state index in [2.05, 4.69) is 11.8 Å². The molecule has 6 nitrogen and oxygen atoms in total. The first-order valence-corrected chi connectivity index (χ1v) is 6.94. The molecule has 1 heterocycles. The Morgan fingerprint density at radius 3 is 2.53 bits per heavy atom. The van der Waals surface area contributed by atoms with Crippen molar-refractivity contribution in [1.82, 2.24) is 9.80 Å². The van der Waals surface area contributed by atoms with Gasteiger partial charge in [-0.25, -0.2) is 0 Å². The zero-order valence-electron chi connectivity index (χ0n) is 12.1. The van der Waals surface area contributed by atoms with Crippen molar-refractivity contribution < 1.29 is 14.3 Å². The molecule has 1 unspecified atom stereocenters. The van der Waals surface area contributed by atoms with E-state index in [-0.39, 0.29) is 12.5 Å². The van der Waals surface area contributed by atoms with Crippen LogP contribution in [0.3, 0.4) is 0 Å². The highest BCUT2D eigenvalue weighted by Crippen LogP contribution is 2.05. The lowest BCUT2D eigenvalue weighted by Crippen LogP contribution is -2.50. The number of methoxy groups -OCH3 is 1. The average molecular weight is 273 g/mol. The van der Waals surface area contributed by atoms with Gasteiger partial charge < -0.3 is 20.1 Å². The molecule has 6 heteroatoms. The Bertz CT molecular complexity index is 256. The number of ether oxygens (including phenoxy) is 2. The minimum Gasteiger partial charge on any atom is -0.382 e. The molecule has 112 valence electrons. The van der Waals surface area contributed by atoms with Crippen molar-refractivity contribution in [2.24, 2.45) is 11.7 Å². The molecular formula is C13H27N3O3. The molecular weight excluding hydrogens is 246 g/mol. The summed E-state index contributed by atoms with van der Waals surface area (Å²) in [5.41, 5.74) is 5.63. The van der Waals surface area contributed by atoms with Gasteiger partial charge in [0.15, 0.2) is 0 Å². The van der Waals surface area contributed by atoms with Gasteiger partial charge in [0, 0.05) is 39.8 Å². The average Bonchev–Trinajstić information content (AvgIpc) is 2.44. The lowest BCUT2D eigenvalue weighted by molar-refractivity contribution is -0.138. The third kappa shape index (κ3) is 6.33. The topological polar surface area (TPSA) is 68.0 Å². The summed E-state index contributed by atoms with van der Waals surface area (Å²) in [6, 6.07) is 0. The van der Waals surface area contributed by atoms with Crippen molar-refractivity contribution in [3.8, 4) is 0 Å². The molecule has 1 atom stereocenters. The largest absolute Gasteiger partial charge is 0.382 e. The van der Waals surface area contributed by atoms with E-state index >= 15 is 0 Å². The predicted octanol–water partition coefficient (Wildman–Crippen LogP) is -0.612. The zero-order chi connectivity index (χ0) is 14.1. The normalized spacial score (nSPS) is 18.6. The molecule has 0 spiro atoms. The van der Waals surface area contributed by atoms with Gasteiger partial charge in [-0.1, -0.05) is 6.92 Å². The molecule has 1 saturated heterocycles. The van der Waals surface area contributed by atoms with E-state index in [0.717, 1.165) is 32.7 Å². The van der Waals surface area contributed by atoms with E-state index in [1.54, 1.807) is 7.11 Å². The van der Waals surface area contributed by atoms with Gasteiger partial charge >= 0.3 is 0 Å². The Kier molecular flexibility index (Phi) is 7.97. The third-order valence-electron chi connectivity index (χ3n) is 3.35. The number of nitrogens with two attached hydrogens (primary N) is 1. The number of hydrogen-bond acceptors (Lipinski definition) is 5. The highest BCUT2D eigenvalue weighted by molar-refractivity contribution is 5.77. The van der Waals surface area contributed by atoms with Crippen LogP contribution in [-0.2, 0) is 14.3 Å². The van der Waals surface area contributed by atoms with E-state index in [9.17, 15) is 4.79 Å². The molecule has 0 aromatic rings. The lowest BCUT2D eigenvalue weighted by atomic mass is 10.1. The predicted molar refractivity (Wildman–Crippen MR) is 73.9 cm³/mol. The molecule has 0 saturated carbocycles. The number of carbonyl (C=O) groups excluding carboxylic acids is 1. The molecule has 1 rings (SSSR count). The second-order valence-corrected chi connectivity index (χ2v) is 5.07. The Balaban J connectivity index is 2.16. The van der Waals surface area contributed by atoms with E-state index < -0.39 is 0 Å². The SMILES string of the molecule is COCCOCC(=O)N1CCN(CC(C)CN)CC1. The van der Waals surface area contributed by atoms with Gasteiger partial charge in [0.25, 0.3) is 0 Å². The fourth-order valence-electron chi connectivity index (χ4n) is 2.09. The van der Waals surface area contributed by atoms with Crippen LogP contribution in [0.15, 0.2) is 0 Å². The van der Waals surface area contributed by atoms with Crippen LogP contribution in [0, 0.1) is 5.92 Å². The molecule has 0 aliphatic carbocycles. The molecule has 0 aromatic heterocycles. The summed E-state index contributed by atoms with van der Waals surface area (Å²) in [7, 11) is 1.62. The standard InChI is InChI=1S/C13H27N3O3/c1-12(9-14)10-15-3-5-16(6-4-15)13(17)11-19-8-7-18-2/h12H,3-11,14H2,1-2H3. The van der Waals surface area contributed by atoms with Gasteiger partial charge in [0.1, 0.15) is 6.61 Å². The summed E-state index contributed by atoms with van der Waals surface area (Å²) in [4.78, 5) is 16.1. The highest BCUT2D eigenvalue weighted by Gasteiger charge is 2.21. The Morgan fingerprint density at radius 2 is 1.95 bits per heavy atom. The molecule has 1 amide bonds. The highest BCUT2D eigenvalue weighted by atomic mass is 16.5. The van der Waals surface area contributed by atoms with Crippen LogP contribution in [-0.4, -0.2) is 81.9 Å². The molecule has 0 bridgehead atoms. The number of piperazine rings is 1. The van der Waals surface area contributed by atoms with Crippen molar-refractivity contribution in [1.29, 1.82) is 0 Å². The van der Waals surface area contributed by atoms with Gasteiger partial charge in [0.2, 0.25) is 5.91 Å². The first kappa shape index (κ1) is 16.4. The van der Waals surface area contributed by atoms with Gasteiger partial charge in [-0.05, 0) is 12.5 Å². The summed E-state index contributed by atoms with van der Waals surface area (Å²) < 4.78 is 10.1. The zero-order valence-corrected chi connectivity index (χ0v) is 12.1. The quantitative estimate of drug-likeness (QED) is 0.598. The van der Waals surface area contributed by atoms with Crippen LogP contribution in [0.2, 0.25) is 0 Å². The van der Waals surface area contributed by atoms with Crippen LogP contribution in [0.1, 0.15) is 6.92 Å². The van der Waals surface area contributed by atoms with Crippen LogP contribution in [0.5, 0.6) is 0 Å². The number of amides is 1. The number of rotatable bonds is 8. The minimum atomic E-state index is 0.0719. The second-order valence-electron chi connectivity index (χ2n) is 5.07. The maximum absolute atomic E-state index is 11.9. The van der Waals surface area contributed by atoms with Crippen LogP contribution < -0.4 is 5.73 Å². The van der Waals surface area contributed by atoms with Crippen LogP contribution in [0.4, 0.5) is 0 Å². The molecule has 1 aliphatic heterocycles.